The first-order valence-corrected chi connectivity index (χ1v) is 6.75. The summed E-state index contributed by atoms with van der Waals surface area (Å²) in [6, 6.07) is 0. The Morgan fingerprint density at radius 3 is 2.28 bits per heavy atom. The molecule has 1 fully saturated rings. The highest BCUT2D eigenvalue weighted by Crippen LogP contribution is 2.33. The number of nitrogens with one attached hydrogen (secondary N) is 1. The molecule has 1 heterocycles. The number of hydrogen-bond acceptors (Lipinski definition) is 5. The molecule has 7 heteroatoms. The van der Waals surface area contributed by atoms with Gasteiger partial charge >= 0.3 is 0 Å². The Kier molecular flexibility index (Phi) is 4.25. The number of aliphatic hydroxyl groups is 1. The van der Waals surface area contributed by atoms with E-state index in [1.54, 1.807) is 0 Å². The summed E-state index contributed by atoms with van der Waals surface area (Å²) in [5, 5.41) is 12.9. The van der Waals surface area contributed by atoms with Crippen molar-refractivity contribution in [1.82, 2.24) is 15.0 Å². The summed E-state index contributed by atoms with van der Waals surface area (Å²) >= 11 is 11.5. The normalized spacial score (nSPS) is 28.1. The zero-order valence-electron chi connectivity index (χ0n) is 10.2. The molecule has 0 saturated heterocycles. The van der Waals surface area contributed by atoms with Gasteiger partial charge in [0.05, 0.1) is 12.1 Å². The smallest absolute Gasteiger partial charge is 0.228 e. The molecule has 5 nitrogen and oxygen atoms in total. The van der Waals surface area contributed by atoms with Crippen LogP contribution in [0.25, 0.3) is 0 Å². The van der Waals surface area contributed by atoms with Crippen LogP contribution >= 0.6 is 23.2 Å². The van der Waals surface area contributed by atoms with Gasteiger partial charge in [0.25, 0.3) is 0 Å². The molecule has 1 saturated carbocycles. The van der Waals surface area contributed by atoms with E-state index >= 15 is 0 Å². The molecule has 1 aliphatic carbocycles. The third-order valence-corrected chi connectivity index (χ3v) is 3.83. The van der Waals surface area contributed by atoms with E-state index in [-0.39, 0.29) is 22.7 Å². The fraction of sp³-hybridized carbons (Fsp3) is 0.727. The molecule has 0 radical (unpaired) electrons. The van der Waals surface area contributed by atoms with Crippen LogP contribution in [0.5, 0.6) is 0 Å². The molecule has 0 spiro atoms. The summed E-state index contributed by atoms with van der Waals surface area (Å²) < 4.78 is 0. The predicted octanol–water partition coefficient (Wildman–Crippen LogP) is 2.53. The summed E-state index contributed by atoms with van der Waals surface area (Å²) in [5.41, 5.74) is -0.374. The second kappa shape index (κ2) is 5.55. The fourth-order valence-electron chi connectivity index (χ4n) is 2.26. The van der Waals surface area contributed by atoms with Crippen molar-refractivity contribution >= 4 is 29.2 Å². The maximum absolute atomic E-state index is 9.63. The molecular formula is C11H16Cl2N4O. The van der Waals surface area contributed by atoms with Gasteiger partial charge in [0.15, 0.2) is 0 Å². The molecule has 1 aromatic rings. The minimum absolute atomic E-state index is 0.0423. The van der Waals surface area contributed by atoms with Crippen LogP contribution in [0, 0.1) is 5.92 Å². The van der Waals surface area contributed by atoms with Gasteiger partial charge in [-0.25, -0.2) is 0 Å². The number of aliphatic hydroxyl groups excluding tert-OH is 1. The average Bonchev–Trinajstić information content (AvgIpc) is 2.31. The van der Waals surface area contributed by atoms with Crippen LogP contribution in [0.4, 0.5) is 5.95 Å². The Labute approximate surface area is 116 Å². The van der Waals surface area contributed by atoms with Gasteiger partial charge < -0.3 is 10.4 Å². The van der Waals surface area contributed by atoms with E-state index in [2.05, 4.69) is 27.2 Å². The van der Waals surface area contributed by atoms with Crippen LogP contribution in [0.3, 0.4) is 0 Å². The van der Waals surface area contributed by atoms with Crippen LogP contribution in [0.1, 0.15) is 32.6 Å². The topological polar surface area (TPSA) is 70.9 Å². The predicted molar refractivity (Wildman–Crippen MR) is 70.9 cm³/mol. The number of anilines is 1. The molecule has 1 aliphatic rings. The van der Waals surface area contributed by atoms with Gasteiger partial charge in [0, 0.05) is 0 Å². The van der Waals surface area contributed by atoms with Crippen molar-refractivity contribution in [3.05, 3.63) is 10.6 Å². The third-order valence-electron chi connectivity index (χ3n) is 3.49. The number of rotatable bonds is 3. The lowest BCUT2D eigenvalue weighted by Gasteiger charge is -2.38. The molecule has 100 valence electrons. The molecule has 2 N–H and O–H groups in total. The largest absolute Gasteiger partial charge is 0.394 e. The van der Waals surface area contributed by atoms with Gasteiger partial charge in [0.2, 0.25) is 16.5 Å². The van der Waals surface area contributed by atoms with E-state index in [1.165, 1.54) is 0 Å². The summed E-state index contributed by atoms with van der Waals surface area (Å²) in [6.45, 7) is 2.26. The first kappa shape index (κ1) is 13.8. The summed E-state index contributed by atoms with van der Waals surface area (Å²) in [6.07, 6.45) is 3.90. The standard InChI is InChI=1S/C11H16Cl2N4O/c1-7-2-4-11(6-18,5-3-7)17-10-15-8(12)14-9(13)16-10/h7,18H,2-6H2,1H3,(H,14,15,16,17). The first-order valence-electron chi connectivity index (χ1n) is 5.99. The minimum atomic E-state index is -0.374. The van der Waals surface area contributed by atoms with E-state index in [0.29, 0.717) is 11.9 Å². The maximum Gasteiger partial charge on any atom is 0.228 e. The fourth-order valence-corrected chi connectivity index (χ4v) is 2.62. The number of halogens is 2. The van der Waals surface area contributed by atoms with Gasteiger partial charge in [0.1, 0.15) is 0 Å². The van der Waals surface area contributed by atoms with E-state index in [9.17, 15) is 5.11 Å². The van der Waals surface area contributed by atoms with Gasteiger partial charge in [-0.15, -0.1) is 0 Å². The molecule has 2 rings (SSSR count). The SMILES string of the molecule is CC1CCC(CO)(Nc2nc(Cl)nc(Cl)n2)CC1. The molecule has 0 amide bonds. The van der Waals surface area contributed by atoms with Crippen molar-refractivity contribution in [2.75, 3.05) is 11.9 Å². The van der Waals surface area contributed by atoms with Gasteiger partial charge in [-0.3, -0.25) is 0 Å². The minimum Gasteiger partial charge on any atom is -0.394 e. The number of aromatic nitrogens is 3. The molecular weight excluding hydrogens is 275 g/mol. The third kappa shape index (κ3) is 3.22. The molecule has 0 aliphatic heterocycles. The molecule has 0 unspecified atom stereocenters. The highest BCUT2D eigenvalue weighted by Gasteiger charge is 2.34. The lowest BCUT2D eigenvalue weighted by atomic mass is 9.77. The zero-order chi connectivity index (χ0) is 13.2. The Bertz CT molecular complexity index is 401. The zero-order valence-corrected chi connectivity index (χ0v) is 11.7. The average molecular weight is 291 g/mol. The van der Waals surface area contributed by atoms with Crippen LogP contribution in [-0.4, -0.2) is 32.2 Å². The maximum atomic E-state index is 9.63. The molecule has 18 heavy (non-hydrogen) atoms. The highest BCUT2D eigenvalue weighted by molar-refractivity contribution is 6.31. The second-order valence-corrected chi connectivity index (χ2v) is 5.62. The Balaban J connectivity index is 2.14. The lowest BCUT2D eigenvalue weighted by molar-refractivity contribution is 0.154. The summed E-state index contributed by atoms with van der Waals surface area (Å²) in [4.78, 5) is 11.6. The van der Waals surface area contributed by atoms with E-state index in [4.69, 9.17) is 23.2 Å². The van der Waals surface area contributed by atoms with Crippen LogP contribution < -0.4 is 5.32 Å². The summed E-state index contributed by atoms with van der Waals surface area (Å²) in [7, 11) is 0. The van der Waals surface area contributed by atoms with E-state index < -0.39 is 0 Å². The van der Waals surface area contributed by atoms with Crippen molar-refractivity contribution in [3.8, 4) is 0 Å². The second-order valence-electron chi connectivity index (χ2n) is 4.94. The highest BCUT2D eigenvalue weighted by atomic mass is 35.5. The van der Waals surface area contributed by atoms with Crippen molar-refractivity contribution in [2.45, 2.75) is 38.1 Å². The van der Waals surface area contributed by atoms with Crippen LogP contribution in [0.2, 0.25) is 10.6 Å². The van der Waals surface area contributed by atoms with E-state index in [1.807, 2.05) is 0 Å². The number of nitrogens with zero attached hydrogens (tertiary/aromatic N) is 3. The van der Waals surface area contributed by atoms with Gasteiger partial charge in [-0.05, 0) is 54.8 Å². The Morgan fingerprint density at radius 1 is 1.22 bits per heavy atom. The van der Waals surface area contributed by atoms with Crippen molar-refractivity contribution in [2.24, 2.45) is 5.92 Å². The van der Waals surface area contributed by atoms with Crippen LogP contribution in [-0.2, 0) is 0 Å². The molecule has 0 bridgehead atoms. The molecule has 0 aromatic carbocycles. The van der Waals surface area contributed by atoms with Gasteiger partial charge in [-0.1, -0.05) is 6.92 Å². The molecule has 0 atom stereocenters. The molecule has 1 aromatic heterocycles. The van der Waals surface area contributed by atoms with Crippen molar-refractivity contribution in [3.63, 3.8) is 0 Å². The quantitative estimate of drug-likeness (QED) is 0.895. The lowest BCUT2D eigenvalue weighted by Crippen LogP contribution is -2.45. The van der Waals surface area contributed by atoms with Crippen molar-refractivity contribution < 1.29 is 5.11 Å². The Hall–Kier alpha value is -0.650. The number of hydrogen-bond donors (Lipinski definition) is 2. The van der Waals surface area contributed by atoms with Gasteiger partial charge in [-0.2, -0.15) is 15.0 Å². The monoisotopic (exact) mass is 290 g/mol. The summed E-state index contributed by atoms with van der Waals surface area (Å²) in [5.74, 6) is 1.01. The van der Waals surface area contributed by atoms with Crippen molar-refractivity contribution in [1.29, 1.82) is 0 Å². The first-order chi connectivity index (χ1) is 8.53. The van der Waals surface area contributed by atoms with Crippen LogP contribution in [0.15, 0.2) is 0 Å². The van der Waals surface area contributed by atoms with E-state index in [0.717, 1.165) is 25.7 Å². The Morgan fingerprint density at radius 2 is 1.78 bits per heavy atom.